The third kappa shape index (κ3) is 3.65. The number of thiazole rings is 1. The molecule has 1 N–H and O–H groups in total. The first kappa shape index (κ1) is 17.0. The van der Waals surface area contributed by atoms with Gasteiger partial charge >= 0.3 is 0 Å². The Hall–Kier alpha value is -1.79. The Morgan fingerprint density at radius 3 is 3.00 bits per heavy atom. The zero-order valence-electron chi connectivity index (χ0n) is 13.8. The fourth-order valence-corrected chi connectivity index (χ4v) is 4.02. The van der Waals surface area contributed by atoms with E-state index in [0.29, 0.717) is 22.8 Å². The van der Waals surface area contributed by atoms with Crippen molar-refractivity contribution in [3.05, 3.63) is 41.2 Å². The van der Waals surface area contributed by atoms with Crippen molar-refractivity contribution < 1.29 is 14.3 Å². The van der Waals surface area contributed by atoms with Crippen LogP contribution in [0.15, 0.2) is 29.6 Å². The predicted molar refractivity (Wildman–Crippen MR) is 92.2 cm³/mol. The first-order valence-electron chi connectivity index (χ1n) is 8.07. The van der Waals surface area contributed by atoms with E-state index in [4.69, 9.17) is 0 Å². The number of carbonyl (C=O) groups excluding carboxylic acids is 1. The van der Waals surface area contributed by atoms with Crippen LogP contribution in [0, 0.1) is 5.82 Å². The van der Waals surface area contributed by atoms with Crippen LogP contribution in [-0.2, 0) is 11.2 Å². The molecule has 24 heavy (non-hydrogen) atoms. The smallest absolute Gasteiger partial charge is 0.228 e. The molecule has 1 aliphatic heterocycles. The van der Waals surface area contributed by atoms with Gasteiger partial charge in [0.1, 0.15) is 10.8 Å². The maximum absolute atomic E-state index is 13.3. The van der Waals surface area contributed by atoms with Crippen LogP contribution >= 0.6 is 11.3 Å². The molecular weight excluding hydrogens is 327 g/mol. The second-order valence-electron chi connectivity index (χ2n) is 6.73. The number of hydrogen-bond acceptors (Lipinski definition) is 4. The molecule has 128 valence electrons. The molecule has 0 aliphatic carbocycles. The van der Waals surface area contributed by atoms with E-state index in [2.05, 4.69) is 4.98 Å². The molecular formula is C18H21FN2O2S. The van der Waals surface area contributed by atoms with Crippen molar-refractivity contribution in [3.63, 3.8) is 0 Å². The summed E-state index contributed by atoms with van der Waals surface area (Å²) in [7, 11) is 0. The average Bonchev–Trinajstić information content (AvgIpc) is 3.15. The monoisotopic (exact) mass is 348 g/mol. The topological polar surface area (TPSA) is 53.4 Å². The highest BCUT2D eigenvalue weighted by Crippen LogP contribution is 2.28. The number of amides is 1. The molecule has 2 heterocycles. The number of aliphatic hydroxyl groups is 1. The van der Waals surface area contributed by atoms with Crippen molar-refractivity contribution >= 4 is 17.2 Å². The number of likely N-dealkylation sites (tertiary alicyclic amines) is 1. The molecule has 1 saturated heterocycles. The highest BCUT2D eigenvalue weighted by Gasteiger charge is 2.38. The summed E-state index contributed by atoms with van der Waals surface area (Å²) in [5.41, 5.74) is 0.501. The van der Waals surface area contributed by atoms with Crippen LogP contribution in [0.5, 0.6) is 0 Å². The Kier molecular flexibility index (Phi) is 4.69. The van der Waals surface area contributed by atoms with Gasteiger partial charge < -0.3 is 10.0 Å². The van der Waals surface area contributed by atoms with Crippen molar-refractivity contribution in [3.8, 4) is 10.6 Å². The largest absolute Gasteiger partial charge is 0.388 e. The molecule has 4 nitrogen and oxygen atoms in total. The van der Waals surface area contributed by atoms with Gasteiger partial charge in [-0.1, -0.05) is 12.1 Å². The lowest BCUT2D eigenvalue weighted by Crippen LogP contribution is -2.48. The van der Waals surface area contributed by atoms with Crippen molar-refractivity contribution in [2.24, 2.45) is 0 Å². The van der Waals surface area contributed by atoms with Crippen LogP contribution in [-0.4, -0.2) is 39.1 Å². The number of carbonyl (C=O) groups is 1. The van der Waals surface area contributed by atoms with E-state index in [1.807, 2.05) is 5.38 Å². The van der Waals surface area contributed by atoms with E-state index < -0.39 is 5.60 Å². The predicted octanol–water partition coefficient (Wildman–Crippen LogP) is 3.25. The van der Waals surface area contributed by atoms with E-state index >= 15 is 0 Å². The number of nitrogens with zero attached hydrogens (tertiary/aromatic N) is 2. The minimum absolute atomic E-state index is 0.0179. The van der Waals surface area contributed by atoms with E-state index in [9.17, 15) is 14.3 Å². The van der Waals surface area contributed by atoms with E-state index in [1.165, 1.54) is 23.5 Å². The second-order valence-corrected chi connectivity index (χ2v) is 7.59. The molecule has 1 fully saturated rings. The standard InChI is InChI=1S/C18H21FN2O2S/c1-18(2,23)15-7-4-8-21(15)16(22)10-14-11-24-17(20-14)12-5-3-6-13(19)9-12/h3,5-6,9,11,15,23H,4,7-8,10H2,1-2H3. The summed E-state index contributed by atoms with van der Waals surface area (Å²) in [6.07, 6.45) is 1.94. The van der Waals surface area contributed by atoms with Crippen LogP contribution in [0.1, 0.15) is 32.4 Å². The van der Waals surface area contributed by atoms with Crippen molar-refractivity contribution in [1.82, 2.24) is 9.88 Å². The van der Waals surface area contributed by atoms with Gasteiger partial charge in [0.2, 0.25) is 5.91 Å². The molecule has 0 bridgehead atoms. The minimum Gasteiger partial charge on any atom is -0.388 e. The first-order chi connectivity index (χ1) is 11.3. The molecule has 0 spiro atoms. The molecule has 2 aromatic rings. The highest BCUT2D eigenvalue weighted by atomic mass is 32.1. The minimum atomic E-state index is -0.902. The molecule has 1 aromatic heterocycles. The van der Waals surface area contributed by atoms with Crippen LogP contribution in [0.2, 0.25) is 0 Å². The molecule has 0 radical (unpaired) electrons. The zero-order valence-corrected chi connectivity index (χ0v) is 14.6. The third-order valence-corrected chi connectivity index (χ3v) is 5.28. The van der Waals surface area contributed by atoms with E-state index in [0.717, 1.165) is 12.8 Å². The van der Waals surface area contributed by atoms with E-state index in [-0.39, 0.29) is 24.2 Å². The van der Waals surface area contributed by atoms with Gasteiger partial charge in [-0.15, -0.1) is 11.3 Å². The summed E-state index contributed by atoms with van der Waals surface area (Å²) >= 11 is 1.40. The van der Waals surface area contributed by atoms with Crippen LogP contribution in [0.25, 0.3) is 10.6 Å². The Morgan fingerprint density at radius 1 is 1.50 bits per heavy atom. The fraction of sp³-hybridized carbons (Fsp3) is 0.444. The number of aromatic nitrogens is 1. The SMILES string of the molecule is CC(C)(O)C1CCCN1C(=O)Cc1csc(-c2cccc(F)c2)n1. The quantitative estimate of drug-likeness (QED) is 0.923. The molecule has 6 heteroatoms. The molecule has 3 rings (SSSR count). The normalized spacial score (nSPS) is 18.2. The maximum Gasteiger partial charge on any atom is 0.228 e. The van der Waals surface area contributed by atoms with Crippen molar-refractivity contribution in [2.75, 3.05) is 6.54 Å². The van der Waals surface area contributed by atoms with Gasteiger partial charge in [-0.3, -0.25) is 4.79 Å². The number of halogens is 1. The maximum atomic E-state index is 13.3. The molecule has 0 saturated carbocycles. The van der Waals surface area contributed by atoms with Crippen LogP contribution < -0.4 is 0 Å². The van der Waals surface area contributed by atoms with Gasteiger partial charge in [-0.25, -0.2) is 9.37 Å². The third-order valence-electron chi connectivity index (χ3n) is 4.34. The summed E-state index contributed by atoms with van der Waals surface area (Å²) in [5.74, 6) is -0.318. The van der Waals surface area contributed by atoms with E-state index in [1.54, 1.807) is 30.9 Å². The second kappa shape index (κ2) is 6.61. The van der Waals surface area contributed by atoms with Gasteiger partial charge in [0.15, 0.2) is 0 Å². The molecule has 1 amide bonds. The average molecular weight is 348 g/mol. The zero-order chi connectivity index (χ0) is 17.3. The molecule has 1 aliphatic rings. The summed E-state index contributed by atoms with van der Waals surface area (Å²) in [5, 5.41) is 12.8. The van der Waals surface area contributed by atoms with Gasteiger partial charge in [-0.05, 0) is 38.8 Å². The Morgan fingerprint density at radius 2 is 2.29 bits per heavy atom. The lowest BCUT2D eigenvalue weighted by molar-refractivity contribution is -0.135. The van der Waals surface area contributed by atoms with Gasteiger partial charge in [0.25, 0.3) is 0 Å². The Balaban J connectivity index is 1.72. The van der Waals surface area contributed by atoms with Crippen LogP contribution in [0.3, 0.4) is 0 Å². The molecule has 1 atom stereocenters. The first-order valence-corrected chi connectivity index (χ1v) is 8.95. The Labute approximate surface area is 145 Å². The van der Waals surface area contributed by atoms with Crippen molar-refractivity contribution in [1.29, 1.82) is 0 Å². The molecule has 1 unspecified atom stereocenters. The lowest BCUT2D eigenvalue weighted by Gasteiger charge is -2.33. The van der Waals surface area contributed by atoms with Crippen LogP contribution in [0.4, 0.5) is 4.39 Å². The number of benzene rings is 1. The van der Waals surface area contributed by atoms with Gasteiger partial charge in [-0.2, -0.15) is 0 Å². The Bertz CT molecular complexity index is 739. The fourth-order valence-electron chi connectivity index (χ4n) is 3.20. The summed E-state index contributed by atoms with van der Waals surface area (Å²) < 4.78 is 13.3. The highest BCUT2D eigenvalue weighted by molar-refractivity contribution is 7.13. The summed E-state index contributed by atoms with van der Waals surface area (Å²) in [6.45, 7) is 4.16. The van der Waals surface area contributed by atoms with Gasteiger partial charge in [0.05, 0.1) is 23.8 Å². The number of rotatable bonds is 4. The number of hydrogen-bond donors (Lipinski definition) is 1. The lowest BCUT2D eigenvalue weighted by atomic mass is 9.96. The summed E-state index contributed by atoms with van der Waals surface area (Å²) in [6, 6.07) is 6.14. The van der Waals surface area contributed by atoms with Gasteiger partial charge in [0, 0.05) is 17.5 Å². The summed E-state index contributed by atoms with van der Waals surface area (Å²) in [4.78, 5) is 18.8. The molecule has 1 aromatic carbocycles. The van der Waals surface area contributed by atoms with Crippen molar-refractivity contribution in [2.45, 2.75) is 44.8 Å².